The van der Waals surface area contributed by atoms with Gasteiger partial charge in [0.2, 0.25) is 0 Å². The third-order valence-electron chi connectivity index (χ3n) is 11.0. The Labute approximate surface area is 294 Å². The number of amides is 1. The Morgan fingerprint density at radius 2 is 1.80 bits per heavy atom. The highest BCUT2D eigenvalue weighted by molar-refractivity contribution is 7.87. The number of hydrogen-bond acceptors (Lipinski definition) is 10. The zero-order valence-electron chi connectivity index (χ0n) is 29.5. The number of ether oxygens (including phenoxy) is 3. The van der Waals surface area contributed by atoms with Crippen LogP contribution in [0.5, 0.6) is 11.5 Å². The Bertz CT molecular complexity index is 1630. The predicted octanol–water partition coefficient (Wildman–Crippen LogP) is 3.43. The van der Waals surface area contributed by atoms with Crippen LogP contribution in [0.4, 0.5) is 10.2 Å². The number of nitrogens with one attached hydrogen (secondary N) is 1. The first-order chi connectivity index (χ1) is 23.8. The molecule has 2 atom stereocenters. The number of benzene rings is 1. The monoisotopic (exact) mass is 715 g/mol. The largest absolute Gasteiger partial charge is 0.451 e. The van der Waals surface area contributed by atoms with Crippen molar-refractivity contribution in [2.45, 2.75) is 89.6 Å². The van der Waals surface area contributed by atoms with Crippen molar-refractivity contribution in [3.8, 4) is 11.5 Å². The molecule has 1 aromatic carbocycles. The first-order valence-corrected chi connectivity index (χ1v) is 19.4. The van der Waals surface area contributed by atoms with Gasteiger partial charge in [0.1, 0.15) is 17.9 Å². The SMILES string of the molecule is CC(C)N(C(=O)c1cc(F)ccc1Oc1cncnc1N1CC2(CCN(C[C@@H]3CC[C@@H](NS(=O)(=O)N4CC5(CCO5)C4)CO3)CC2)C1)C(C)C. The van der Waals surface area contributed by atoms with Crippen molar-refractivity contribution in [3.05, 3.63) is 42.1 Å². The van der Waals surface area contributed by atoms with Crippen molar-refractivity contribution >= 4 is 21.9 Å². The Kier molecular flexibility index (Phi) is 9.84. The van der Waals surface area contributed by atoms with Crippen LogP contribution in [0.25, 0.3) is 0 Å². The summed E-state index contributed by atoms with van der Waals surface area (Å²) in [7, 11) is -3.52. The highest BCUT2D eigenvalue weighted by Crippen LogP contribution is 2.45. The van der Waals surface area contributed by atoms with E-state index >= 15 is 0 Å². The zero-order chi connectivity index (χ0) is 35.3. The topological polar surface area (TPSA) is 130 Å². The highest BCUT2D eigenvalue weighted by Gasteiger charge is 2.53. The van der Waals surface area contributed by atoms with Crippen molar-refractivity contribution in [3.63, 3.8) is 0 Å². The van der Waals surface area contributed by atoms with E-state index in [1.807, 2.05) is 27.7 Å². The zero-order valence-corrected chi connectivity index (χ0v) is 30.3. The van der Waals surface area contributed by atoms with Gasteiger partial charge in [0.25, 0.3) is 16.1 Å². The molecule has 0 radical (unpaired) electrons. The molecule has 15 heteroatoms. The van der Waals surface area contributed by atoms with Gasteiger partial charge < -0.3 is 28.9 Å². The quantitative estimate of drug-likeness (QED) is 0.370. The van der Waals surface area contributed by atoms with Crippen LogP contribution in [0.2, 0.25) is 0 Å². The molecule has 0 aliphatic carbocycles. The van der Waals surface area contributed by atoms with Gasteiger partial charge in [-0.25, -0.2) is 14.4 Å². The molecule has 0 saturated carbocycles. The van der Waals surface area contributed by atoms with E-state index in [1.54, 1.807) is 11.1 Å². The summed E-state index contributed by atoms with van der Waals surface area (Å²) in [6, 6.07) is 3.68. The maximum Gasteiger partial charge on any atom is 0.279 e. The van der Waals surface area contributed by atoms with E-state index in [0.717, 1.165) is 71.4 Å². The molecule has 2 aromatic rings. The molecule has 50 heavy (non-hydrogen) atoms. The van der Waals surface area contributed by atoms with Crippen LogP contribution >= 0.6 is 0 Å². The lowest BCUT2D eigenvalue weighted by Crippen LogP contribution is -2.71. The van der Waals surface area contributed by atoms with Gasteiger partial charge in [0.05, 0.1) is 36.7 Å². The molecule has 5 aliphatic heterocycles. The summed E-state index contributed by atoms with van der Waals surface area (Å²) in [6.07, 6.45) is 7.81. The third kappa shape index (κ3) is 7.22. The van der Waals surface area contributed by atoms with Crippen LogP contribution in [0, 0.1) is 11.2 Å². The van der Waals surface area contributed by atoms with Crippen LogP contribution in [0.1, 0.15) is 70.2 Å². The molecule has 0 unspecified atom stereocenters. The average Bonchev–Trinajstić information content (AvgIpc) is 3.00. The van der Waals surface area contributed by atoms with Gasteiger partial charge in [-0.2, -0.15) is 17.4 Å². The number of likely N-dealkylation sites (tertiary alicyclic amines) is 1. The molecule has 7 rings (SSSR count). The van der Waals surface area contributed by atoms with Gasteiger partial charge >= 0.3 is 0 Å². The van der Waals surface area contributed by atoms with Crippen molar-refractivity contribution in [1.82, 2.24) is 28.8 Å². The fourth-order valence-corrected chi connectivity index (χ4v) is 9.73. The molecule has 5 fully saturated rings. The molecule has 13 nitrogen and oxygen atoms in total. The summed E-state index contributed by atoms with van der Waals surface area (Å²) in [4.78, 5) is 28.7. The first-order valence-electron chi connectivity index (χ1n) is 17.9. The average molecular weight is 716 g/mol. The summed E-state index contributed by atoms with van der Waals surface area (Å²) >= 11 is 0. The van der Waals surface area contributed by atoms with Gasteiger partial charge in [-0.05, 0) is 84.7 Å². The van der Waals surface area contributed by atoms with Gasteiger partial charge in [0, 0.05) is 62.7 Å². The van der Waals surface area contributed by atoms with Crippen LogP contribution in [0.15, 0.2) is 30.7 Å². The van der Waals surface area contributed by atoms with Crippen LogP contribution in [-0.2, 0) is 19.7 Å². The number of aromatic nitrogens is 2. The molecule has 0 bridgehead atoms. The summed E-state index contributed by atoms with van der Waals surface area (Å²) < 4.78 is 62.3. The van der Waals surface area contributed by atoms with Crippen LogP contribution in [-0.4, -0.2) is 127 Å². The Balaban J connectivity index is 0.891. The number of nitrogens with zero attached hydrogens (tertiary/aromatic N) is 6. The minimum absolute atomic E-state index is 0.0695. The second kappa shape index (κ2) is 13.9. The maximum atomic E-state index is 14.4. The summed E-state index contributed by atoms with van der Waals surface area (Å²) in [5.74, 6) is 0.559. The number of halogens is 1. The molecular weight excluding hydrogens is 665 g/mol. The minimum atomic E-state index is -3.52. The van der Waals surface area contributed by atoms with Crippen molar-refractivity contribution in [2.24, 2.45) is 5.41 Å². The van der Waals surface area contributed by atoms with E-state index in [9.17, 15) is 17.6 Å². The smallest absolute Gasteiger partial charge is 0.279 e. The highest BCUT2D eigenvalue weighted by atomic mass is 32.2. The van der Waals surface area contributed by atoms with E-state index in [0.29, 0.717) is 31.3 Å². The summed E-state index contributed by atoms with van der Waals surface area (Å²) in [5, 5.41) is 0. The Hall–Kier alpha value is -2.95. The van der Waals surface area contributed by atoms with Crippen molar-refractivity contribution in [1.29, 1.82) is 0 Å². The lowest BCUT2D eigenvalue weighted by atomic mass is 9.72. The van der Waals surface area contributed by atoms with Crippen molar-refractivity contribution in [2.75, 3.05) is 63.9 Å². The molecule has 6 heterocycles. The van der Waals surface area contributed by atoms with Crippen LogP contribution < -0.4 is 14.4 Å². The van der Waals surface area contributed by atoms with Gasteiger partial charge in [0.15, 0.2) is 11.6 Å². The number of piperidine rings is 1. The van der Waals surface area contributed by atoms with E-state index in [1.165, 1.54) is 28.8 Å². The Morgan fingerprint density at radius 1 is 1.08 bits per heavy atom. The molecule has 1 aromatic heterocycles. The van der Waals surface area contributed by atoms with Gasteiger partial charge in [-0.1, -0.05) is 0 Å². The fraction of sp³-hybridized carbons (Fsp3) is 0.686. The van der Waals surface area contributed by atoms with Crippen LogP contribution in [0.3, 0.4) is 0 Å². The second-order valence-corrected chi connectivity index (χ2v) is 17.1. The third-order valence-corrected chi connectivity index (χ3v) is 12.6. The number of carbonyl (C=O) groups is 1. The number of carbonyl (C=O) groups excluding carboxylic acids is 1. The molecule has 1 amide bonds. The molecule has 5 aliphatic rings. The number of anilines is 1. The standard InChI is InChI=1S/C35H50FN7O6S/c1-24(2)43(25(3)4)33(44)29-15-26(36)5-8-30(29)49-31-16-37-23-38-32(31)41-19-34(20-41)9-12-40(13-10-34)17-28-7-6-27(18-47-28)39-50(45,46)42-21-35(22-42)11-14-48-35/h5,8,15-16,23-25,27-28,39H,6-7,9-14,17-22H2,1-4H3/t27-,28+/m1/s1. The minimum Gasteiger partial charge on any atom is -0.451 e. The molecule has 274 valence electrons. The first kappa shape index (κ1) is 35.5. The molecule has 1 N–H and O–H groups in total. The van der Waals surface area contributed by atoms with E-state index in [-0.39, 0.29) is 52.5 Å². The van der Waals surface area contributed by atoms with E-state index in [2.05, 4.69) is 24.5 Å². The molecular formula is C35H50FN7O6S. The molecule has 2 spiro atoms. The predicted molar refractivity (Wildman–Crippen MR) is 185 cm³/mol. The Morgan fingerprint density at radius 3 is 2.42 bits per heavy atom. The lowest BCUT2D eigenvalue weighted by Gasteiger charge is -2.54. The fourth-order valence-electron chi connectivity index (χ4n) is 8.16. The van der Waals surface area contributed by atoms with Gasteiger partial charge in [-0.3, -0.25) is 4.79 Å². The summed E-state index contributed by atoms with van der Waals surface area (Å²) in [5.41, 5.74) is 0.113. The maximum absolute atomic E-state index is 14.4. The summed E-state index contributed by atoms with van der Waals surface area (Å²) in [6.45, 7) is 14.2. The number of hydrogen-bond donors (Lipinski definition) is 1. The van der Waals surface area contributed by atoms with Gasteiger partial charge in [-0.15, -0.1) is 0 Å². The normalized spacial score (nSPS) is 25.0. The van der Waals surface area contributed by atoms with Crippen molar-refractivity contribution < 1.29 is 31.8 Å². The van der Waals surface area contributed by atoms with E-state index in [4.69, 9.17) is 14.2 Å². The van der Waals surface area contributed by atoms with E-state index < -0.39 is 16.0 Å². The lowest BCUT2D eigenvalue weighted by molar-refractivity contribution is -0.201. The second-order valence-electron chi connectivity index (χ2n) is 15.4. The molecule has 5 saturated heterocycles. The number of rotatable bonds is 11.